The average molecular weight is 335 g/mol. The van der Waals surface area contributed by atoms with Gasteiger partial charge in [0, 0.05) is 30.2 Å². The minimum atomic E-state index is -0.501. The van der Waals surface area contributed by atoms with Crippen molar-refractivity contribution in [2.24, 2.45) is 5.92 Å². The van der Waals surface area contributed by atoms with Gasteiger partial charge >= 0.3 is 0 Å². The molecule has 2 aliphatic rings. The van der Waals surface area contributed by atoms with Crippen molar-refractivity contribution in [2.45, 2.75) is 43.9 Å². The molecule has 0 aromatic heterocycles. The number of likely N-dealkylation sites (tertiary alicyclic amines) is 1. The molecule has 1 aromatic carbocycles. The quantitative estimate of drug-likeness (QED) is 0.824. The molecule has 3 nitrogen and oxygen atoms in total. The van der Waals surface area contributed by atoms with Crippen LogP contribution < -0.4 is 0 Å². The summed E-state index contributed by atoms with van der Waals surface area (Å²) in [4.78, 5) is 26.3. The van der Waals surface area contributed by atoms with Crippen molar-refractivity contribution in [1.82, 2.24) is 4.90 Å². The number of ketones is 1. The van der Waals surface area contributed by atoms with Gasteiger partial charge in [0.1, 0.15) is 5.82 Å². The summed E-state index contributed by atoms with van der Waals surface area (Å²) in [5.74, 6) is -0.0862. The third-order valence-electron chi connectivity index (χ3n) is 4.56. The first-order valence-electron chi connectivity index (χ1n) is 8.25. The SMILES string of the molecule is CC(=O)SC1CCCN(C(C(=O)C2CC2)c2ccccc2F)C1. The number of nitrogens with zero attached hydrogens (tertiary/aromatic N) is 1. The topological polar surface area (TPSA) is 37.4 Å². The van der Waals surface area contributed by atoms with Gasteiger partial charge in [-0.15, -0.1) is 0 Å². The second-order valence-electron chi connectivity index (χ2n) is 6.47. The summed E-state index contributed by atoms with van der Waals surface area (Å²) >= 11 is 1.35. The van der Waals surface area contributed by atoms with Gasteiger partial charge in [0.15, 0.2) is 10.9 Å². The molecule has 0 N–H and O–H groups in total. The van der Waals surface area contributed by atoms with Gasteiger partial charge in [0.25, 0.3) is 0 Å². The highest BCUT2D eigenvalue weighted by atomic mass is 32.2. The van der Waals surface area contributed by atoms with Gasteiger partial charge in [-0.25, -0.2) is 4.39 Å². The van der Waals surface area contributed by atoms with Crippen molar-refractivity contribution >= 4 is 22.7 Å². The summed E-state index contributed by atoms with van der Waals surface area (Å²) in [7, 11) is 0. The Morgan fingerprint density at radius 2 is 2.00 bits per heavy atom. The highest BCUT2D eigenvalue weighted by Gasteiger charge is 2.40. The zero-order valence-electron chi connectivity index (χ0n) is 13.3. The molecule has 1 saturated heterocycles. The van der Waals surface area contributed by atoms with Crippen LogP contribution in [0.25, 0.3) is 0 Å². The van der Waals surface area contributed by atoms with E-state index in [0.29, 0.717) is 12.1 Å². The van der Waals surface area contributed by atoms with Gasteiger partial charge < -0.3 is 0 Å². The lowest BCUT2D eigenvalue weighted by atomic mass is 9.95. The number of hydrogen-bond acceptors (Lipinski definition) is 4. The van der Waals surface area contributed by atoms with Gasteiger partial charge in [0.2, 0.25) is 0 Å². The standard InChI is InChI=1S/C18H22FNO2S/c1-12(21)23-14-5-4-10-20(11-14)17(18(22)13-8-9-13)15-6-2-3-7-16(15)19/h2-3,6-7,13-14,17H,4-5,8-11H2,1H3. The van der Waals surface area contributed by atoms with E-state index in [1.807, 2.05) is 0 Å². The second kappa shape index (κ2) is 7.14. The van der Waals surface area contributed by atoms with Crippen LogP contribution in [-0.2, 0) is 9.59 Å². The van der Waals surface area contributed by atoms with E-state index in [0.717, 1.165) is 32.2 Å². The summed E-state index contributed by atoms with van der Waals surface area (Å²) in [6.45, 7) is 3.03. The van der Waals surface area contributed by atoms with Crippen LogP contribution >= 0.6 is 11.8 Å². The first kappa shape index (κ1) is 16.7. The van der Waals surface area contributed by atoms with Crippen LogP contribution in [0.2, 0.25) is 0 Å². The van der Waals surface area contributed by atoms with E-state index in [9.17, 15) is 14.0 Å². The van der Waals surface area contributed by atoms with E-state index in [4.69, 9.17) is 0 Å². The monoisotopic (exact) mass is 335 g/mol. The van der Waals surface area contributed by atoms with Crippen molar-refractivity contribution in [3.8, 4) is 0 Å². The highest BCUT2D eigenvalue weighted by Crippen LogP contribution is 2.39. The molecule has 1 aliphatic carbocycles. The fourth-order valence-electron chi connectivity index (χ4n) is 3.35. The maximum Gasteiger partial charge on any atom is 0.186 e. The largest absolute Gasteiger partial charge is 0.297 e. The normalized spacial score (nSPS) is 23.5. The van der Waals surface area contributed by atoms with E-state index >= 15 is 0 Å². The predicted octanol–water partition coefficient (Wildman–Crippen LogP) is 3.59. The molecule has 23 heavy (non-hydrogen) atoms. The molecule has 5 heteroatoms. The first-order chi connectivity index (χ1) is 11.1. The maximum atomic E-state index is 14.3. The lowest BCUT2D eigenvalue weighted by Crippen LogP contribution is -2.43. The second-order valence-corrected chi connectivity index (χ2v) is 7.95. The third kappa shape index (κ3) is 4.01. The van der Waals surface area contributed by atoms with Crippen LogP contribution in [0.3, 0.4) is 0 Å². The van der Waals surface area contributed by atoms with Gasteiger partial charge in [-0.3, -0.25) is 14.5 Å². The summed E-state index contributed by atoms with van der Waals surface area (Å²) < 4.78 is 14.3. The lowest BCUT2D eigenvalue weighted by molar-refractivity contribution is -0.126. The maximum absolute atomic E-state index is 14.3. The minimum Gasteiger partial charge on any atom is -0.297 e. The molecule has 0 amide bonds. The number of piperidine rings is 1. The number of carbonyl (C=O) groups is 2. The lowest BCUT2D eigenvalue weighted by Gasteiger charge is -2.37. The molecule has 124 valence electrons. The summed E-state index contributed by atoms with van der Waals surface area (Å²) in [6.07, 6.45) is 3.75. The van der Waals surface area contributed by atoms with Crippen LogP contribution in [-0.4, -0.2) is 34.1 Å². The third-order valence-corrected chi connectivity index (χ3v) is 5.61. The molecule has 2 fully saturated rings. The molecule has 1 aromatic rings. The van der Waals surface area contributed by atoms with Crippen LogP contribution in [0.1, 0.15) is 44.2 Å². The highest BCUT2D eigenvalue weighted by molar-refractivity contribution is 8.14. The van der Waals surface area contributed by atoms with E-state index in [1.54, 1.807) is 25.1 Å². The number of rotatable bonds is 5. The number of thioether (sulfide) groups is 1. The molecule has 1 heterocycles. The van der Waals surface area contributed by atoms with Crippen LogP contribution in [0.4, 0.5) is 4.39 Å². The Hall–Kier alpha value is -1.20. The molecular formula is C18H22FNO2S. The molecule has 0 spiro atoms. The molecule has 1 aliphatic heterocycles. The molecule has 0 bridgehead atoms. The van der Waals surface area contributed by atoms with Crippen molar-refractivity contribution in [1.29, 1.82) is 0 Å². The summed E-state index contributed by atoms with van der Waals surface area (Å²) in [5.41, 5.74) is 0.484. The van der Waals surface area contributed by atoms with E-state index in [-0.39, 0.29) is 27.9 Å². The molecule has 2 atom stereocenters. The van der Waals surface area contributed by atoms with Crippen LogP contribution in [0.15, 0.2) is 24.3 Å². The van der Waals surface area contributed by atoms with E-state index in [2.05, 4.69) is 4.90 Å². The molecule has 1 saturated carbocycles. The molecule has 2 unspecified atom stereocenters. The van der Waals surface area contributed by atoms with Gasteiger partial charge in [-0.1, -0.05) is 30.0 Å². The summed E-state index contributed by atoms with van der Waals surface area (Å²) in [6, 6.07) is 6.09. The van der Waals surface area contributed by atoms with Crippen molar-refractivity contribution < 1.29 is 14.0 Å². The number of halogens is 1. The number of carbonyl (C=O) groups excluding carboxylic acids is 2. The van der Waals surface area contributed by atoms with Crippen LogP contribution in [0.5, 0.6) is 0 Å². The van der Waals surface area contributed by atoms with Crippen molar-refractivity contribution in [2.75, 3.05) is 13.1 Å². The van der Waals surface area contributed by atoms with Crippen molar-refractivity contribution in [3.05, 3.63) is 35.6 Å². The molecule has 0 radical (unpaired) electrons. The minimum absolute atomic E-state index is 0.0837. The Balaban J connectivity index is 1.84. The fourth-order valence-corrected chi connectivity index (χ4v) is 4.37. The Bertz CT molecular complexity index is 602. The molecular weight excluding hydrogens is 313 g/mol. The number of benzene rings is 1. The first-order valence-corrected chi connectivity index (χ1v) is 9.13. The Morgan fingerprint density at radius 1 is 1.26 bits per heavy atom. The Morgan fingerprint density at radius 3 is 2.65 bits per heavy atom. The fraction of sp³-hybridized carbons (Fsp3) is 0.556. The number of Topliss-reactive ketones (excluding diaryl/α,β-unsaturated/α-hetero) is 1. The van der Waals surface area contributed by atoms with Crippen molar-refractivity contribution in [3.63, 3.8) is 0 Å². The smallest absolute Gasteiger partial charge is 0.186 e. The van der Waals surface area contributed by atoms with Crippen LogP contribution in [0, 0.1) is 11.7 Å². The van der Waals surface area contributed by atoms with Gasteiger partial charge in [0.05, 0.1) is 6.04 Å². The Labute approximate surface area is 140 Å². The Kier molecular flexibility index (Phi) is 5.17. The summed E-state index contributed by atoms with van der Waals surface area (Å²) in [5, 5.41) is 0.301. The molecule has 3 rings (SSSR count). The zero-order chi connectivity index (χ0) is 16.4. The van der Waals surface area contributed by atoms with E-state index in [1.165, 1.54) is 17.8 Å². The van der Waals surface area contributed by atoms with Gasteiger partial charge in [-0.2, -0.15) is 0 Å². The predicted molar refractivity (Wildman–Crippen MR) is 89.7 cm³/mol. The van der Waals surface area contributed by atoms with E-state index < -0.39 is 6.04 Å². The van der Waals surface area contributed by atoms with Gasteiger partial charge in [-0.05, 0) is 38.3 Å². The zero-order valence-corrected chi connectivity index (χ0v) is 14.2. The number of hydrogen-bond donors (Lipinski definition) is 0. The average Bonchev–Trinajstić information content (AvgIpc) is 3.34.